The fourth-order valence-corrected chi connectivity index (χ4v) is 6.55. The normalized spacial score (nSPS) is 17.6. The van der Waals surface area contributed by atoms with Gasteiger partial charge in [0.25, 0.3) is 5.91 Å². The van der Waals surface area contributed by atoms with Gasteiger partial charge in [-0.2, -0.15) is 0 Å². The number of benzene rings is 2. The molecule has 3 N–H and O–H groups in total. The molecule has 9 heteroatoms. The molecule has 1 aliphatic rings. The first-order valence-electron chi connectivity index (χ1n) is 12.4. The van der Waals surface area contributed by atoms with Crippen LogP contribution in [0.25, 0.3) is 21.2 Å². The molecule has 0 saturated heterocycles. The number of nitrogens with two attached hydrogens (primary N) is 1. The highest BCUT2D eigenvalue weighted by Crippen LogP contribution is 2.38. The number of nitrogen functional groups attached to an aromatic ring is 1. The van der Waals surface area contributed by atoms with Crippen LogP contribution in [-0.2, 0) is 6.54 Å². The van der Waals surface area contributed by atoms with Crippen molar-refractivity contribution in [2.75, 3.05) is 19.9 Å². The summed E-state index contributed by atoms with van der Waals surface area (Å²) in [6.07, 6.45) is 7.29. The number of halogens is 1. The standard InChI is InChI=1S/C28H30ClN5O2S/c1-31-20-8-10-21(11-9-20)34(27(35)26-25(29)22-5-3-4-6-24(22)37-26)16-18-13-17(7-12-23(18)36-2)19-14-32-28(30)33-15-19/h3-7,12-15,20-21,31H,8-11,16H2,1-2H3,(H2,30,32,33)/t20-,21-. The summed E-state index contributed by atoms with van der Waals surface area (Å²) >= 11 is 8.22. The molecule has 7 nitrogen and oxygen atoms in total. The topological polar surface area (TPSA) is 93.4 Å². The Labute approximate surface area is 225 Å². The molecule has 2 aromatic carbocycles. The number of fused-ring (bicyclic) bond motifs is 1. The minimum atomic E-state index is -0.0395. The molecule has 1 aliphatic carbocycles. The van der Waals surface area contributed by atoms with E-state index in [4.69, 9.17) is 22.1 Å². The molecule has 0 radical (unpaired) electrons. The van der Waals surface area contributed by atoms with Gasteiger partial charge in [-0.05, 0) is 56.5 Å². The van der Waals surface area contributed by atoms with Gasteiger partial charge < -0.3 is 20.7 Å². The van der Waals surface area contributed by atoms with Crippen LogP contribution in [0, 0.1) is 0 Å². The average Bonchev–Trinajstić information content (AvgIpc) is 3.28. The number of nitrogens with one attached hydrogen (secondary N) is 1. The SMILES string of the molecule is CN[C@H]1CC[C@H](N(Cc2cc(-c3cnc(N)nc3)ccc2OC)C(=O)c2sc3ccccc3c2Cl)CC1. The molecule has 192 valence electrons. The molecule has 37 heavy (non-hydrogen) atoms. The van der Waals surface area contributed by atoms with E-state index in [9.17, 15) is 4.79 Å². The zero-order valence-corrected chi connectivity index (χ0v) is 22.5. The number of carbonyl (C=O) groups is 1. The lowest BCUT2D eigenvalue weighted by Gasteiger charge is -2.37. The summed E-state index contributed by atoms with van der Waals surface area (Å²) in [5, 5.41) is 4.83. The fraction of sp³-hybridized carbons (Fsp3) is 0.321. The van der Waals surface area contributed by atoms with Gasteiger partial charge in [0.15, 0.2) is 0 Å². The zero-order valence-electron chi connectivity index (χ0n) is 20.9. The molecule has 5 rings (SSSR count). The van der Waals surface area contributed by atoms with E-state index < -0.39 is 0 Å². The molecule has 2 aromatic heterocycles. The van der Waals surface area contributed by atoms with Gasteiger partial charge in [-0.15, -0.1) is 11.3 Å². The number of ether oxygens (including phenoxy) is 1. The first kappa shape index (κ1) is 25.4. The lowest BCUT2D eigenvalue weighted by atomic mass is 9.89. The zero-order chi connectivity index (χ0) is 25.9. The lowest BCUT2D eigenvalue weighted by molar-refractivity contribution is 0.0604. The van der Waals surface area contributed by atoms with Gasteiger partial charge in [-0.25, -0.2) is 9.97 Å². The molecule has 0 bridgehead atoms. The van der Waals surface area contributed by atoms with Gasteiger partial charge >= 0.3 is 0 Å². The Hall–Kier alpha value is -3.20. The highest BCUT2D eigenvalue weighted by atomic mass is 35.5. The maximum Gasteiger partial charge on any atom is 0.266 e. The molecular formula is C28H30ClN5O2S. The number of aromatic nitrogens is 2. The molecule has 0 atom stereocenters. The fourth-order valence-electron chi connectivity index (χ4n) is 5.08. The van der Waals surface area contributed by atoms with Crippen LogP contribution >= 0.6 is 22.9 Å². The van der Waals surface area contributed by atoms with Gasteiger partial charge in [0.1, 0.15) is 10.6 Å². The predicted octanol–water partition coefficient (Wildman–Crippen LogP) is 5.78. The summed E-state index contributed by atoms with van der Waals surface area (Å²) in [4.78, 5) is 25.0. The van der Waals surface area contributed by atoms with Crippen molar-refractivity contribution in [2.45, 2.75) is 44.3 Å². The summed E-state index contributed by atoms with van der Waals surface area (Å²) in [5.74, 6) is 0.915. The maximum atomic E-state index is 14.1. The summed E-state index contributed by atoms with van der Waals surface area (Å²) < 4.78 is 6.72. The largest absolute Gasteiger partial charge is 0.496 e. The molecular weight excluding hydrogens is 506 g/mol. The van der Waals surface area contributed by atoms with Crippen molar-refractivity contribution < 1.29 is 9.53 Å². The average molecular weight is 536 g/mol. The van der Waals surface area contributed by atoms with Crippen molar-refractivity contribution >= 4 is 44.9 Å². The van der Waals surface area contributed by atoms with E-state index in [1.807, 2.05) is 54.4 Å². The molecule has 1 saturated carbocycles. The third-order valence-corrected chi connectivity index (χ3v) is 8.83. The van der Waals surface area contributed by atoms with Crippen molar-refractivity contribution in [1.82, 2.24) is 20.2 Å². The first-order chi connectivity index (χ1) is 18.0. The molecule has 1 fully saturated rings. The van der Waals surface area contributed by atoms with Crippen LogP contribution in [0.1, 0.15) is 40.9 Å². The summed E-state index contributed by atoms with van der Waals surface area (Å²) in [6.45, 7) is 0.408. The van der Waals surface area contributed by atoms with Crippen LogP contribution < -0.4 is 15.8 Å². The van der Waals surface area contributed by atoms with Crippen molar-refractivity contribution in [3.8, 4) is 16.9 Å². The van der Waals surface area contributed by atoms with E-state index in [0.29, 0.717) is 22.5 Å². The highest BCUT2D eigenvalue weighted by Gasteiger charge is 2.32. The smallest absolute Gasteiger partial charge is 0.266 e. The number of hydrogen-bond acceptors (Lipinski definition) is 7. The lowest BCUT2D eigenvalue weighted by Crippen LogP contribution is -2.44. The summed E-state index contributed by atoms with van der Waals surface area (Å²) in [7, 11) is 3.65. The minimum absolute atomic E-state index is 0.0395. The van der Waals surface area contributed by atoms with Crippen LogP contribution in [0.4, 0.5) is 5.95 Å². The third-order valence-electron chi connectivity index (χ3n) is 7.16. The first-order valence-corrected chi connectivity index (χ1v) is 13.6. The van der Waals surface area contributed by atoms with E-state index in [0.717, 1.165) is 58.2 Å². The Morgan fingerprint density at radius 2 is 1.86 bits per heavy atom. The number of rotatable bonds is 7. The third kappa shape index (κ3) is 5.28. The van der Waals surface area contributed by atoms with Gasteiger partial charge in [-0.1, -0.05) is 35.9 Å². The van der Waals surface area contributed by atoms with E-state index in [1.54, 1.807) is 19.5 Å². The Morgan fingerprint density at radius 1 is 1.14 bits per heavy atom. The van der Waals surface area contributed by atoms with Gasteiger partial charge in [0.05, 0.1) is 12.1 Å². The second kappa shape index (κ2) is 11.0. The maximum absolute atomic E-state index is 14.1. The van der Waals surface area contributed by atoms with Crippen LogP contribution in [0.2, 0.25) is 5.02 Å². The molecule has 4 aromatic rings. The number of thiophene rings is 1. The van der Waals surface area contributed by atoms with Crippen LogP contribution in [0.15, 0.2) is 54.9 Å². The Kier molecular flexibility index (Phi) is 7.60. The van der Waals surface area contributed by atoms with E-state index in [1.165, 1.54) is 11.3 Å². The molecule has 2 heterocycles. The van der Waals surface area contributed by atoms with Crippen molar-refractivity contribution in [1.29, 1.82) is 0 Å². The van der Waals surface area contributed by atoms with Crippen molar-refractivity contribution in [3.05, 3.63) is 70.3 Å². The predicted molar refractivity (Wildman–Crippen MR) is 150 cm³/mol. The Balaban J connectivity index is 1.52. The van der Waals surface area contributed by atoms with Crippen LogP contribution in [0.3, 0.4) is 0 Å². The van der Waals surface area contributed by atoms with Crippen LogP contribution in [-0.4, -0.2) is 47.0 Å². The summed E-state index contributed by atoms with van der Waals surface area (Å²) in [6, 6.07) is 14.4. The molecule has 0 aliphatic heterocycles. The van der Waals surface area contributed by atoms with Gasteiger partial charge in [0, 0.05) is 52.2 Å². The van der Waals surface area contributed by atoms with Crippen molar-refractivity contribution in [2.24, 2.45) is 0 Å². The van der Waals surface area contributed by atoms with E-state index in [2.05, 4.69) is 15.3 Å². The minimum Gasteiger partial charge on any atom is -0.496 e. The molecule has 0 spiro atoms. The van der Waals surface area contributed by atoms with Crippen molar-refractivity contribution in [3.63, 3.8) is 0 Å². The highest BCUT2D eigenvalue weighted by molar-refractivity contribution is 7.21. The second-order valence-electron chi connectivity index (χ2n) is 9.33. The number of anilines is 1. The Bertz CT molecular complexity index is 1400. The number of amides is 1. The molecule has 0 unspecified atom stereocenters. The van der Waals surface area contributed by atoms with Crippen LogP contribution in [0.5, 0.6) is 5.75 Å². The number of hydrogen-bond donors (Lipinski definition) is 2. The number of carbonyl (C=O) groups excluding carboxylic acids is 1. The number of methoxy groups -OCH3 is 1. The quantitative estimate of drug-likeness (QED) is 0.312. The molecule has 1 amide bonds. The van der Waals surface area contributed by atoms with E-state index >= 15 is 0 Å². The van der Waals surface area contributed by atoms with Gasteiger partial charge in [-0.3, -0.25) is 4.79 Å². The van der Waals surface area contributed by atoms with Gasteiger partial charge in [0.2, 0.25) is 5.95 Å². The second-order valence-corrected chi connectivity index (χ2v) is 10.8. The monoisotopic (exact) mass is 535 g/mol. The van der Waals surface area contributed by atoms with E-state index in [-0.39, 0.29) is 17.9 Å². The summed E-state index contributed by atoms with van der Waals surface area (Å²) in [5.41, 5.74) is 8.37. The number of nitrogens with zero attached hydrogens (tertiary/aromatic N) is 3. The Morgan fingerprint density at radius 3 is 2.54 bits per heavy atom.